The molecule has 0 aromatic carbocycles. The van der Waals surface area contributed by atoms with Gasteiger partial charge in [0.1, 0.15) is 0 Å². The van der Waals surface area contributed by atoms with Gasteiger partial charge in [0.25, 0.3) is 0 Å². The van der Waals surface area contributed by atoms with E-state index in [2.05, 4.69) is 41.5 Å². The van der Waals surface area contributed by atoms with Gasteiger partial charge in [-0.2, -0.15) is 0 Å². The molecule has 0 saturated heterocycles. The summed E-state index contributed by atoms with van der Waals surface area (Å²) in [6.45, 7) is 19.3. The highest BCUT2D eigenvalue weighted by Gasteiger charge is 2.20. The van der Waals surface area contributed by atoms with Gasteiger partial charge in [0.2, 0.25) is 0 Å². The Balaban J connectivity index is 0. The van der Waals surface area contributed by atoms with Gasteiger partial charge in [0.05, 0.1) is 0 Å². The predicted molar refractivity (Wildman–Crippen MR) is 64.0 cm³/mol. The standard InChI is InChI=1S/C9H20.C4H10/c1-8(2,3)7-9(4,5)6;1-4(2)3/h7H2,1-6H3;4H,1-3H3/i;4T. The highest BCUT2D eigenvalue weighted by Crippen LogP contribution is 2.31. The fraction of sp³-hybridized carbons (Fsp3) is 1.00. The molecule has 0 heterocycles. The van der Waals surface area contributed by atoms with Gasteiger partial charge in [-0.3, -0.25) is 0 Å². The summed E-state index contributed by atoms with van der Waals surface area (Å²) in [6, 6.07) is 0. The molecular weight excluding hydrogens is 156 g/mol. The Bertz CT molecular complexity index is 120. The van der Waals surface area contributed by atoms with Crippen LogP contribution in [0.2, 0.25) is 0 Å². The van der Waals surface area contributed by atoms with Gasteiger partial charge >= 0.3 is 0 Å². The highest BCUT2D eigenvalue weighted by atomic mass is 14.3. The van der Waals surface area contributed by atoms with Gasteiger partial charge < -0.3 is 0 Å². The molecule has 0 nitrogen and oxygen atoms in total. The van der Waals surface area contributed by atoms with Crippen molar-refractivity contribution in [1.29, 1.82) is 0 Å². The first kappa shape index (κ1) is 13.0. The molecule has 0 heteroatoms. The average Bonchev–Trinajstić information content (AvgIpc) is 1.42. The quantitative estimate of drug-likeness (QED) is 0.494. The Morgan fingerprint density at radius 2 is 1.00 bits per heavy atom. The lowest BCUT2D eigenvalue weighted by molar-refractivity contribution is 0.233. The molecule has 82 valence electrons. The van der Waals surface area contributed by atoms with E-state index in [1.165, 1.54) is 6.42 Å². The first-order valence-corrected chi connectivity index (χ1v) is 5.21. The Morgan fingerprint density at radius 1 is 0.846 bits per heavy atom. The molecule has 0 atom stereocenters. The number of hydrogen-bond donors (Lipinski definition) is 0. The van der Waals surface area contributed by atoms with E-state index in [9.17, 15) is 0 Å². The van der Waals surface area contributed by atoms with E-state index in [1.807, 2.05) is 20.8 Å². The van der Waals surface area contributed by atoms with E-state index in [0.717, 1.165) is 0 Å². The predicted octanol–water partition coefficient (Wildman–Crippen LogP) is 5.13. The van der Waals surface area contributed by atoms with Crippen LogP contribution in [0.15, 0.2) is 0 Å². The van der Waals surface area contributed by atoms with Gasteiger partial charge in [-0.05, 0) is 23.1 Å². The van der Waals surface area contributed by atoms with Crippen LogP contribution in [0.4, 0.5) is 0 Å². The second-order valence-corrected chi connectivity index (χ2v) is 6.80. The van der Waals surface area contributed by atoms with E-state index < -0.39 is 0 Å². The topological polar surface area (TPSA) is 0 Å². The van der Waals surface area contributed by atoms with Crippen LogP contribution in [-0.2, 0) is 0 Å². The summed E-state index contributed by atoms with van der Waals surface area (Å²) in [6.07, 6.45) is 1.29. The van der Waals surface area contributed by atoms with Crippen LogP contribution in [0.5, 0.6) is 0 Å². The maximum absolute atomic E-state index is 6.94. The van der Waals surface area contributed by atoms with Crippen LogP contribution in [0.1, 0.15) is 70.1 Å². The number of rotatable bonds is 0. The van der Waals surface area contributed by atoms with Gasteiger partial charge in [-0.25, -0.2) is 0 Å². The van der Waals surface area contributed by atoms with Crippen molar-refractivity contribution >= 4 is 0 Å². The van der Waals surface area contributed by atoms with Crippen molar-refractivity contribution in [1.82, 2.24) is 0 Å². The minimum atomic E-state index is -0.250. The van der Waals surface area contributed by atoms with E-state index in [1.54, 1.807) is 0 Å². The zero-order chi connectivity index (χ0) is 12.2. The van der Waals surface area contributed by atoms with E-state index >= 15 is 0 Å². The van der Waals surface area contributed by atoms with Crippen LogP contribution in [0.3, 0.4) is 0 Å². The first-order chi connectivity index (χ1) is 5.71. The van der Waals surface area contributed by atoms with Crippen molar-refractivity contribution in [3.05, 3.63) is 0 Å². The summed E-state index contributed by atoms with van der Waals surface area (Å²) in [5.41, 5.74) is 0.969. The van der Waals surface area contributed by atoms with Crippen LogP contribution in [-0.4, -0.2) is 0 Å². The summed E-state index contributed by atoms with van der Waals surface area (Å²) in [4.78, 5) is 0. The fourth-order valence-electron chi connectivity index (χ4n) is 1.59. The molecule has 0 aliphatic rings. The molecule has 0 radical (unpaired) electrons. The normalized spacial score (nSPS) is 14.4. The zero-order valence-corrected chi connectivity index (χ0v) is 11.2. The third-order valence-electron chi connectivity index (χ3n) is 1.06. The second kappa shape index (κ2) is 5.67. The molecule has 0 saturated carbocycles. The maximum Gasteiger partial charge on any atom is 0.0294 e. The lowest BCUT2D eigenvalue weighted by atomic mass is 9.78. The minimum Gasteiger partial charge on any atom is -0.0630 e. The maximum atomic E-state index is 6.94. The molecular formula is C13H30. The third kappa shape index (κ3) is 33.3. The summed E-state index contributed by atoms with van der Waals surface area (Å²) < 4.78 is 6.94. The summed E-state index contributed by atoms with van der Waals surface area (Å²) >= 11 is 0. The summed E-state index contributed by atoms with van der Waals surface area (Å²) in [5.74, 6) is -0.250. The molecule has 0 aliphatic carbocycles. The molecule has 0 N–H and O–H groups in total. The molecule has 0 aromatic heterocycles. The molecule has 0 bridgehead atoms. The van der Waals surface area contributed by atoms with Crippen molar-refractivity contribution in [2.45, 2.75) is 68.7 Å². The molecule has 0 spiro atoms. The summed E-state index contributed by atoms with van der Waals surface area (Å²) in [7, 11) is 0. The van der Waals surface area contributed by atoms with Crippen LogP contribution in [0.25, 0.3) is 0 Å². The van der Waals surface area contributed by atoms with Crippen LogP contribution >= 0.6 is 0 Å². The smallest absolute Gasteiger partial charge is 0.0294 e. The van der Waals surface area contributed by atoms with Crippen molar-refractivity contribution in [3.63, 3.8) is 0 Å². The van der Waals surface area contributed by atoms with E-state index in [-0.39, 0.29) is 5.89 Å². The largest absolute Gasteiger partial charge is 0.0630 e. The van der Waals surface area contributed by atoms with Gasteiger partial charge in [-0.1, -0.05) is 62.3 Å². The molecule has 0 amide bonds. The van der Waals surface area contributed by atoms with Crippen molar-refractivity contribution in [2.75, 3.05) is 0 Å². The zero-order valence-electron chi connectivity index (χ0n) is 12.2. The molecule has 0 unspecified atom stereocenters. The first-order valence-electron chi connectivity index (χ1n) is 5.71. The van der Waals surface area contributed by atoms with Crippen molar-refractivity contribution in [3.8, 4) is 0 Å². The highest BCUT2D eigenvalue weighted by molar-refractivity contribution is 4.71. The third-order valence-corrected chi connectivity index (χ3v) is 1.06. The van der Waals surface area contributed by atoms with Gasteiger partial charge in [0, 0.05) is 1.37 Å². The van der Waals surface area contributed by atoms with Crippen molar-refractivity contribution < 1.29 is 1.37 Å². The summed E-state index contributed by atoms with van der Waals surface area (Å²) in [5, 5.41) is 0. The SMILES string of the molecule is CC(C)(C)CC(C)(C)C.[3H]C(C)(C)C. The monoisotopic (exact) mass is 188 g/mol. The minimum absolute atomic E-state index is 0.250. The van der Waals surface area contributed by atoms with E-state index in [4.69, 9.17) is 1.37 Å². The van der Waals surface area contributed by atoms with Crippen LogP contribution < -0.4 is 0 Å². The van der Waals surface area contributed by atoms with Gasteiger partial charge in [0.15, 0.2) is 0 Å². The molecule has 13 heavy (non-hydrogen) atoms. The van der Waals surface area contributed by atoms with Crippen molar-refractivity contribution in [2.24, 2.45) is 16.7 Å². The Kier molecular flexibility index (Phi) is 5.67. The molecule has 0 aromatic rings. The molecule has 0 fully saturated rings. The molecule has 0 aliphatic heterocycles. The Morgan fingerprint density at radius 3 is 1.00 bits per heavy atom. The second-order valence-electron chi connectivity index (χ2n) is 6.80. The lowest BCUT2D eigenvalue weighted by Gasteiger charge is -2.28. The van der Waals surface area contributed by atoms with Crippen LogP contribution in [0, 0.1) is 16.7 Å². The average molecular weight is 188 g/mol. The fourth-order valence-corrected chi connectivity index (χ4v) is 1.59. The molecule has 0 rings (SSSR count). The lowest BCUT2D eigenvalue weighted by Crippen LogP contribution is -2.16. The Hall–Kier alpha value is 0. The van der Waals surface area contributed by atoms with Gasteiger partial charge in [-0.15, -0.1) is 0 Å². The number of hydrogen-bond acceptors (Lipinski definition) is 0. The van der Waals surface area contributed by atoms with E-state index in [0.29, 0.717) is 10.8 Å². The Labute approximate surface area is 87.5 Å².